The Hall–Kier alpha value is -0.940. The van der Waals surface area contributed by atoms with Crippen LogP contribution < -0.4 is 4.90 Å². The van der Waals surface area contributed by atoms with Crippen molar-refractivity contribution in [1.29, 1.82) is 0 Å². The van der Waals surface area contributed by atoms with Gasteiger partial charge in [0.1, 0.15) is 5.65 Å². The largest absolute Gasteiger partial charge is 0.346 e. The Morgan fingerprint density at radius 3 is 3.25 bits per heavy atom. The van der Waals surface area contributed by atoms with Gasteiger partial charge in [-0.25, -0.2) is 4.98 Å². The summed E-state index contributed by atoms with van der Waals surface area (Å²) in [5, 5.41) is 1.17. The number of aromatic amines is 1. The number of rotatable bonds is 1. The van der Waals surface area contributed by atoms with E-state index in [9.17, 15) is 0 Å². The summed E-state index contributed by atoms with van der Waals surface area (Å²) in [7, 11) is 0. The van der Waals surface area contributed by atoms with Gasteiger partial charge in [-0.1, -0.05) is 0 Å². The van der Waals surface area contributed by atoms with Crippen LogP contribution in [0.5, 0.6) is 0 Å². The molecule has 0 spiro atoms. The van der Waals surface area contributed by atoms with Gasteiger partial charge in [-0.2, -0.15) is 0 Å². The first kappa shape index (κ1) is 10.2. The van der Waals surface area contributed by atoms with Crippen molar-refractivity contribution < 1.29 is 0 Å². The number of fused-ring (bicyclic) bond motifs is 1. The lowest BCUT2D eigenvalue weighted by atomic mass is 10.2. The number of hydrogen-bond acceptors (Lipinski definition) is 3. The molecule has 3 rings (SSSR count). The molecule has 0 fully saturated rings. The van der Waals surface area contributed by atoms with Crippen LogP contribution in [0, 0.1) is 0 Å². The molecule has 3 nitrogen and oxygen atoms in total. The molecule has 16 heavy (non-hydrogen) atoms. The van der Waals surface area contributed by atoms with E-state index in [0.29, 0.717) is 0 Å². The van der Waals surface area contributed by atoms with Crippen LogP contribution in [-0.2, 0) is 0 Å². The Morgan fingerprint density at radius 2 is 2.38 bits per heavy atom. The molecule has 0 unspecified atom stereocenters. The van der Waals surface area contributed by atoms with Crippen LogP contribution in [-0.4, -0.2) is 22.3 Å². The van der Waals surface area contributed by atoms with Gasteiger partial charge in [-0.3, -0.25) is 0 Å². The maximum atomic E-state index is 4.30. The van der Waals surface area contributed by atoms with Crippen LogP contribution in [0.25, 0.3) is 11.0 Å². The molecule has 0 aromatic carbocycles. The summed E-state index contributed by atoms with van der Waals surface area (Å²) in [6, 6.07) is 4.13. The molecule has 2 aromatic heterocycles. The van der Waals surface area contributed by atoms with Crippen molar-refractivity contribution >= 4 is 44.4 Å². The number of pyridine rings is 1. The zero-order valence-corrected chi connectivity index (χ0v) is 10.9. The second-order valence-electron chi connectivity index (χ2n) is 3.55. The molecule has 3 heterocycles. The Kier molecular flexibility index (Phi) is 2.65. The average Bonchev–Trinajstić information content (AvgIpc) is 2.76. The Morgan fingerprint density at radius 1 is 1.44 bits per heavy atom. The maximum absolute atomic E-state index is 4.30. The summed E-state index contributed by atoms with van der Waals surface area (Å²) in [6.45, 7) is 1.03. The fourth-order valence-electron chi connectivity index (χ4n) is 1.85. The van der Waals surface area contributed by atoms with E-state index in [-0.39, 0.29) is 0 Å². The zero-order chi connectivity index (χ0) is 11.0. The summed E-state index contributed by atoms with van der Waals surface area (Å²) in [6.07, 6.45) is 5.91. The molecule has 1 N–H and O–H groups in total. The summed E-state index contributed by atoms with van der Waals surface area (Å²) in [5.74, 6) is 1.10. The number of anilines is 1. The topological polar surface area (TPSA) is 31.9 Å². The standard InChI is InChI=1S/C11H10BrN3S/c12-10-7-15(5-6-16-10)9-2-4-14-11-8(9)1-3-13-11/h1-4,7H,5-6H2,(H,13,14). The van der Waals surface area contributed by atoms with Crippen molar-refractivity contribution in [2.45, 2.75) is 0 Å². The molecule has 0 saturated heterocycles. The van der Waals surface area contributed by atoms with Crippen LogP contribution in [0.3, 0.4) is 0 Å². The number of halogens is 1. The first-order chi connectivity index (χ1) is 7.84. The van der Waals surface area contributed by atoms with Crippen LogP contribution in [0.15, 0.2) is 34.5 Å². The molecule has 82 valence electrons. The minimum Gasteiger partial charge on any atom is -0.346 e. The predicted octanol–water partition coefficient (Wildman–Crippen LogP) is 3.31. The minimum atomic E-state index is 0.945. The highest BCUT2D eigenvalue weighted by Crippen LogP contribution is 2.32. The molecular formula is C11H10BrN3S. The highest BCUT2D eigenvalue weighted by Gasteiger charge is 2.13. The van der Waals surface area contributed by atoms with E-state index in [2.05, 4.69) is 49.1 Å². The third-order valence-electron chi connectivity index (χ3n) is 2.58. The lowest BCUT2D eigenvalue weighted by Crippen LogP contribution is -2.22. The molecule has 1 aliphatic rings. The normalized spacial score (nSPS) is 16.6. The van der Waals surface area contributed by atoms with Gasteiger partial charge in [0.05, 0.1) is 9.50 Å². The molecule has 1 aliphatic heterocycles. The molecule has 0 amide bonds. The molecule has 5 heteroatoms. The van der Waals surface area contributed by atoms with Crippen LogP contribution in [0.2, 0.25) is 0 Å². The molecule has 0 bridgehead atoms. The smallest absolute Gasteiger partial charge is 0.139 e. The summed E-state index contributed by atoms with van der Waals surface area (Å²) < 4.78 is 1.18. The van der Waals surface area contributed by atoms with Crippen molar-refractivity contribution in [2.75, 3.05) is 17.2 Å². The maximum Gasteiger partial charge on any atom is 0.139 e. The second kappa shape index (κ2) is 4.14. The summed E-state index contributed by atoms with van der Waals surface area (Å²) in [5.41, 5.74) is 2.16. The van der Waals surface area contributed by atoms with Gasteiger partial charge in [-0.15, -0.1) is 11.8 Å². The van der Waals surface area contributed by atoms with Gasteiger partial charge in [0.2, 0.25) is 0 Å². The van der Waals surface area contributed by atoms with Crippen molar-refractivity contribution in [3.05, 3.63) is 34.5 Å². The minimum absolute atomic E-state index is 0.945. The SMILES string of the molecule is BrC1=CN(c2ccnc3[nH]ccc23)CCS1. The van der Waals surface area contributed by atoms with Gasteiger partial charge in [0.25, 0.3) is 0 Å². The lowest BCUT2D eigenvalue weighted by molar-refractivity contribution is 1.02. The lowest BCUT2D eigenvalue weighted by Gasteiger charge is -2.25. The van der Waals surface area contributed by atoms with E-state index in [1.54, 1.807) is 0 Å². The molecule has 2 aromatic rings. The van der Waals surface area contributed by atoms with Gasteiger partial charge >= 0.3 is 0 Å². The number of nitrogens with one attached hydrogen (secondary N) is 1. The fraction of sp³-hybridized carbons (Fsp3) is 0.182. The van der Waals surface area contributed by atoms with E-state index in [0.717, 1.165) is 17.9 Å². The molecule has 0 aliphatic carbocycles. The second-order valence-corrected chi connectivity index (χ2v) is 6.06. The van der Waals surface area contributed by atoms with Crippen LogP contribution >= 0.6 is 27.7 Å². The third-order valence-corrected chi connectivity index (χ3v) is 4.24. The van der Waals surface area contributed by atoms with Crippen LogP contribution in [0.4, 0.5) is 5.69 Å². The van der Waals surface area contributed by atoms with Crippen molar-refractivity contribution in [3.63, 3.8) is 0 Å². The zero-order valence-electron chi connectivity index (χ0n) is 8.48. The van der Waals surface area contributed by atoms with Crippen molar-refractivity contribution in [1.82, 2.24) is 9.97 Å². The molecular weight excluding hydrogens is 286 g/mol. The Labute approximate surface area is 106 Å². The first-order valence-corrected chi connectivity index (χ1v) is 6.81. The third kappa shape index (κ3) is 1.74. The molecule has 0 atom stereocenters. The van der Waals surface area contributed by atoms with Gasteiger partial charge in [0.15, 0.2) is 0 Å². The van der Waals surface area contributed by atoms with Crippen molar-refractivity contribution in [2.24, 2.45) is 0 Å². The Balaban J connectivity index is 2.11. The number of nitrogens with zero attached hydrogens (tertiary/aromatic N) is 2. The van der Waals surface area contributed by atoms with E-state index in [1.807, 2.05) is 24.2 Å². The first-order valence-electron chi connectivity index (χ1n) is 5.03. The number of thioether (sulfide) groups is 1. The monoisotopic (exact) mass is 295 g/mol. The Bertz CT molecular complexity index is 549. The van der Waals surface area contributed by atoms with E-state index in [4.69, 9.17) is 0 Å². The van der Waals surface area contributed by atoms with Gasteiger partial charge in [-0.05, 0) is 28.1 Å². The van der Waals surface area contributed by atoms with Gasteiger partial charge < -0.3 is 9.88 Å². The highest BCUT2D eigenvalue weighted by molar-refractivity contribution is 9.14. The summed E-state index contributed by atoms with van der Waals surface area (Å²) in [4.78, 5) is 9.69. The predicted molar refractivity (Wildman–Crippen MR) is 72.9 cm³/mol. The van der Waals surface area contributed by atoms with Crippen molar-refractivity contribution in [3.8, 4) is 0 Å². The fourth-order valence-corrected chi connectivity index (χ4v) is 3.27. The van der Waals surface area contributed by atoms with E-state index in [1.165, 1.54) is 14.9 Å². The van der Waals surface area contributed by atoms with Gasteiger partial charge in [0, 0.05) is 36.3 Å². The highest BCUT2D eigenvalue weighted by atomic mass is 79.9. The summed E-state index contributed by atoms with van der Waals surface area (Å²) >= 11 is 5.38. The van der Waals surface area contributed by atoms with E-state index >= 15 is 0 Å². The number of aromatic nitrogens is 2. The average molecular weight is 296 g/mol. The number of H-pyrrole nitrogens is 1. The quantitative estimate of drug-likeness (QED) is 0.876. The van der Waals surface area contributed by atoms with Crippen LogP contribution in [0.1, 0.15) is 0 Å². The van der Waals surface area contributed by atoms with E-state index < -0.39 is 0 Å². The number of hydrogen-bond donors (Lipinski definition) is 1. The molecule has 0 saturated carbocycles. The molecule has 0 radical (unpaired) electrons.